The van der Waals surface area contributed by atoms with Crippen LogP contribution in [0.15, 0.2) is 5.16 Å². The van der Waals surface area contributed by atoms with Crippen LogP contribution >= 0.6 is 0 Å². The van der Waals surface area contributed by atoms with E-state index < -0.39 is 16.1 Å². The monoisotopic (exact) mass is 263 g/mol. The number of nitrogens with one attached hydrogen (secondary N) is 1. The lowest BCUT2D eigenvalue weighted by atomic mass is 10.1. The average molecular weight is 263 g/mol. The molecule has 1 aliphatic rings. The molecule has 0 radical (unpaired) electrons. The van der Waals surface area contributed by atoms with Gasteiger partial charge in [0.1, 0.15) is 0 Å². The predicted octanol–water partition coefficient (Wildman–Crippen LogP) is 0.619. The van der Waals surface area contributed by atoms with E-state index in [4.69, 9.17) is 10.9 Å². The highest BCUT2D eigenvalue weighted by Gasteiger charge is 2.32. The van der Waals surface area contributed by atoms with Gasteiger partial charge in [0.05, 0.1) is 11.3 Å². The molecule has 0 aliphatic heterocycles. The SMILES string of the molecule is CC(C)C(NS(=O)(=O)C1CCCC1)C(N)=NO. The summed E-state index contributed by atoms with van der Waals surface area (Å²) in [5.41, 5.74) is 5.50. The summed E-state index contributed by atoms with van der Waals surface area (Å²) in [6.07, 6.45) is 3.27. The van der Waals surface area contributed by atoms with Gasteiger partial charge in [0.15, 0.2) is 5.84 Å². The molecule has 0 bridgehead atoms. The van der Waals surface area contributed by atoms with Crippen LogP contribution in [-0.2, 0) is 10.0 Å². The second-order valence-corrected chi connectivity index (χ2v) is 6.81. The third-order valence-corrected chi connectivity index (χ3v) is 5.06. The Bertz CT molecular complexity index is 372. The third kappa shape index (κ3) is 3.57. The number of sulfonamides is 1. The second-order valence-electron chi connectivity index (χ2n) is 4.82. The fourth-order valence-corrected chi connectivity index (χ4v) is 3.97. The van der Waals surface area contributed by atoms with Gasteiger partial charge in [-0.05, 0) is 18.8 Å². The van der Waals surface area contributed by atoms with E-state index in [1.807, 2.05) is 13.8 Å². The number of nitrogens with two attached hydrogens (primary N) is 1. The number of hydrogen-bond donors (Lipinski definition) is 3. The van der Waals surface area contributed by atoms with Crippen molar-refractivity contribution in [3.8, 4) is 0 Å². The maximum Gasteiger partial charge on any atom is 0.215 e. The van der Waals surface area contributed by atoms with Crippen LogP contribution in [0.25, 0.3) is 0 Å². The topological polar surface area (TPSA) is 105 Å². The Morgan fingerprint density at radius 3 is 2.35 bits per heavy atom. The molecule has 0 saturated heterocycles. The Balaban J connectivity index is 2.79. The molecular formula is C10H21N3O3S. The van der Waals surface area contributed by atoms with Crippen LogP contribution in [0.3, 0.4) is 0 Å². The number of nitrogens with zero attached hydrogens (tertiary/aromatic N) is 1. The molecule has 0 amide bonds. The van der Waals surface area contributed by atoms with E-state index in [9.17, 15) is 8.42 Å². The molecule has 0 aromatic carbocycles. The van der Waals surface area contributed by atoms with Gasteiger partial charge >= 0.3 is 0 Å². The van der Waals surface area contributed by atoms with E-state index in [0.29, 0.717) is 12.8 Å². The largest absolute Gasteiger partial charge is 0.409 e. The maximum atomic E-state index is 12.1. The summed E-state index contributed by atoms with van der Waals surface area (Å²) in [4.78, 5) is 0. The van der Waals surface area contributed by atoms with Gasteiger partial charge in [-0.15, -0.1) is 0 Å². The highest BCUT2D eigenvalue weighted by molar-refractivity contribution is 7.90. The fourth-order valence-electron chi connectivity index (χ4n) is 2.07. The van der Waals surface area contributed by atoms with Crippen LogP contribution < -0.4 is 10.5 Å². The number of amidine groups is 1. The lowest BCUT2D eigenvalue weighted by Crippen LogP contribution is -2.50. The minimum absolute atomic E-state index is 0.0675. The van der Waals surface area contributed by atoms with Gasteiger partial charge in [-0.3, -0.25) is 0 Å². The van der Waals surface area contributed by atoms with Crippen LogP contribution in [0.4, 0.5) is 0 Å². The number of rotatable bonds is 5. The van der Waals surface area contributed by atoms with Crippen molar-refractivity contribution in [3.05, 3.63) is 0 Å². The minimum Gasteiger partial charge on any atom is -0.409 e. The maximum absolute atomic E-state index is 12.1. The minimum atomic E-state index is -3.38. The Morgan fingerprint density at radius 2 is 1.94 bits per heavy atom. The van der Waals surface area contributed by atoms with E-state index >= 15 is 0 Å². The zero-order chi connectivity index (χ0) is 13.1. The van der Waals surface area contributed by atoms with Gasteiger partial charge in [-0.1, -0.05) is 31.8 Å². The van der Waals surface area contributed by atoms with Gasteiger partial charge in [0, 0.05) is 0 Å². The Kier molecular flexibility index (Phi) is 4.76. The van der Waals surface area contributed by atoms with Gasteiger partial charge in [0.2, 0.25) is 10.0 Å². The van der Waals surface area contributed by atoms with E-state index in [2.05, 4.69) is 9.88 Å². The highest BCUT2D eigenvalue weighted by atomic mass is 32.2. The standard InChI is InChI=1S/C10H21N3O3S/c1-7(2)9(10(11)12-14)13-17(15,16)8-5-3-4-6-8/h7-9,13-14H,3-6H2,1-2H3,(H2,11,12). The van der Waals surface area contributed by atoms with Crippen molar-refractivity contribution in [2.75, 3.05) is 0 Å². The van der Waals surface area contributed by atoms with E-state index in [0.717, 1.165) is 12.8 Å². The van der Waals surface area contributed by atoms with Crippen LogP contribution in [0.1, 0.15) is 39.5 Å². The van der Waals surface area contributed by atoms with E-state index in [-0.39, 0.29) is 17.0 Å². The smallest absolute Gasteiger partial charge is 0.215 e. The lowest BCUT2D eigenvalue weighted by molar-refractivity contribution is 0.313. The van der Waals surface area contributed by atoms with Crippen molar-refractivity contribution >= 4 is 15.9 Å². The quantitative estimate of drug-likeness (QED) is 0.292. The molecule has 17 heavy (non-hydrogen) atoms. The third-order valence-electron chi connectivity index (χ3n) is 3.13. The first kappa shape index (κ1) is 14.2. The average Bonchev–Trinajstić information content (AvgIpc) is 2.78. The Labute approximate surface area is 102 Å². The summed E-state index contributed by atoms with van der Waals surface area (Å²) in [7, 11) is -3.38. The van der Waals surface area contributed by atoms with Gasteiger partial charge in [0.25, 0.3) is 0 Å². The molecule has 0 heterocycles. The summed E-state index contributed by atoms with van der Waals surface area (Å²) in [6.45, 7) is 3.64. The molecule has 7 heteroatoms. The molecule has 6 nitrogen and oxygen atoms in total. The van der Waals surface area contributed by atoms with Crippen molar-refractivity contribution in [1.29, 1.82) is 0 Å². The first-order valence-corrected chi connectivity index (χ1v) is 7.41. The highest BCUT2D eigenvalue weighted by Crippen LogP contribution is 2.24. The van der Waals surface area contributed by atoms with Crippen LogP contribution in [0.5, 0.6) is 0 Å². The molecule has 1 fully saturated rings. The molecule has 1 aliphatic carbocycles. The molecule has 0 aromatic heterocycles. The summed E-state index contributed by atoms with van der Waals surface area (Å²) in [6, 6.07) is -0.648. The molecule has 0 aromatic rings. The molecule has 100 valence electrons. The lowest BCUT2D eigenvalue weighted by Gasteiger charge is -2.23. The van der Waals surface area contributed by atoms with Crippen molar-refractivity contribution in [1.82, 2.24) is 4.72 Å². The molecule has 1 rings (SSSR count). The molecule has 1 saturated carbocycles. The Hall–Kier alpha value is -0.820. The normalized spacial score (nSPS) is 21.0. The van der Waals surface area contributed by atoms with Crippen LogP contribution in [0.2, 0.25) is 0 Å². The van der Waals surface area contributed by atoms with Gasteiger partial charge < -0.3 is 10.9 Å². The molecule has 1 atom stereocenters. The molecule has 1 unspecified atom stereocenters. The van der Waals surface area contributed by atoms with E-state index in [1.54, 1.807) is 0 Å². The number of oxime groups is 1. The van der Waals surface area contributed by atoms with Crippen molar-refractivity contribution in [3.63, 3.8) is 0 Å². The van der Waals surface area contributed by atoms with Gasteiger partial charge in [-0.2, -0.15) is 0 Å². The van der Waals surface area contributed by atoms with Gasteiger partial charge in [-0.25, -0.2) is 13.1 Å². The zero-order valence-corrected chi connectivity index (χ0v) is 11.1. The fraction of sp³-hybridized carbons (Fsp3) is 0.900. The van der Waals surface area contributed by atoms with Crippen LogP contribution in [-0.4, -0.2) is 30.8 Å². The zero-order valence-electron chi connectivity index (χ0n) is 10.3. The first-order chi connectivity index (χ1) is 7.88. The Morgan fingerprint density at radius 1 is 1.41 bits per heavy atom. The summed E-state index contributed by atoms with van der Waals surface area (Å²) in [5.74, 6) is -0.163. The predicted molar refractivity (Wildman–Crippen MR) is 66.3 cm³/mol. The van der Waals surface area contributed by atoms with Crippen LogP contribution in [0, 0.1) is 5.92 Å². The van der Waals surface area contributed by atoms with Crippen molar-refractivity contribution < 1.29 is 13.6 Å². The summed E-state index contributed by atoms with van der Waals surface area (Å²) >= 11 is 0. The van der Waals surface area contributed by atoms with Crippen molar-refractivity contribution in [2.24, 2.45) is 16.8 Å². The first-order valence-electron chi connectivity index (χ1n) is 5.87. The molecular weight excluding hydrogens is 242 g/mol. The molecule has 4 N–H and O–H groups in total. The second kappa shape index (κ2) is 5.68. The molecule has 0 spiro atoms. The summed E-state index contributed by atoms with van der Waals surface area (Å²) in [5, 5.41) is 11.2. The van der Waals surface area contributed by atoms with Crippen molar-refractivity contribution in [2.45, 2.75) is 50.8 Å². The van der Waals surface area contributed by atoms with E-state index in [1.165, 1.54) is 0 Å². The summed E-state index contributed by atoms with van der Waals surface area (Å²) < 4.78 is 26.7. The number of hydrogen-bond acceptors (Lipinski definition) is 4.